The van der Waals surface area contributed by atoms with Crippen molar-refractivity contribution in [2.45, 2.75) is 18.6 Å². The fourth-order valence-electron chi connectivity index (χ4n) is 4.10. The number of methoxy groups -OCH3 is 1. The van der Waals surface area contributed by atoms with Crippen LogP contribution in [-0.2, 0) is 12.6 Å². The highest BCUT2D eigenvalue weighted by Gasteiger charge is 2.35. The zero-order valence-corrected chi connectivity index (χ0v) is 17.5. The van der Waals surface area contributed by atoms with Gasteiger partial charge in [-0.25, -0.2) is 0 Å². The molecule has 6 nitrogen and oxygen atoms in total. The monoisotopic (exact) mass is 454 g/mol. The van der Waals surface area contributed by atoms with E-state index in [9.17, 15) is 18.3 Å². The predicted octanol–water partition coefficient (Wildman–Crippen LogP) is 4.25. The SMILES string of the molecule is COc1nc(NCCN2CCc3c([nH]c4ccc(Cl)cc34)C2CO)ccc1C(F)(F)F. The molecule has 1 aliphatic heterocycles. The Labute approximate surface area is 182 Å². The highest BCUT2D eigenvalue weighted by atomic mass is 35.5. The molecule has 1 aromatic carbocycles. The summed E-state index contributed by atoms with van der Waals surface area (Å²) in [5.41, 5.74) is 2.20. The van der Waals surface area contributed by atoms with Gasteiger partial charge in [0.15, 0.2) is 0 Å². The first kappa shape index (κ1) is 21.7. The Morgan fingerprint density at radius 1 is 1.32 bits per heavy atom. The van der Waals surface area contributed by atoms with Crippen molar-refractivity contribution >= 4 is 28.3 Å². The van der Waals surface area contributed by atoms with Crippen LogP contribution in [0.4, 0.5) is 19.0 Å². The van der Waals surface area contributed by atoms with Crippen molar-refractivity contribution < 1.29 is 23.0 Å². The molecule has 0 saturated carbocycles. The lowest BCUT2D eigenvalue weighted by molar-refractivity contribution is -0.139. The minimum atomic E-state index is -4.53. The fourth-order valence-corrected chi connectivity index (χ4v) is 4.27. The molecular weight excluding hydrogens is 433 g/mol. The molecule has 0 bridgehead atoms. The topological polar surface area (TPSA) is 73.4 Å². The summed E-state index contributed by atoms with van der Waals surface area (Å²) in [4.78, 5) is 9.45. The summed E-state index contributed by atoms with van der Waals surface area (Å²) >= 11 is 6.14. The molecule has 2 aromatic heterocycles. The number of nitrogens with zero attached hydrogens (tertiary/aromatic N) is 2. The van der Waals surface area contributed by atoms with Crippen LogP contribution in [0.1, 0.15) is 22.9 Å². The van der Waals surface area contributed by atoms with Crippen molar-refractivity contribution in [3.05, 3.63) is 52.2 Å². The summed E-state index contributed by atoms with van der Waals surface area (Å²) < 4.78 is 43.7. The minimum Gasteiger partial charge on any atom is -0.481 e. The van der Waals surface area contributed by atoms with Crippen molar-refractivity contribution in [2.75, 3.05) is 38.7 Å². The van der Waals surface area contributed by atoms with E-state index in [0.717, 1.165) is 48.3 Å². The van der Waals surface area contributed by atoms with Crippen molar-refractivity contribution in [2.24, 2.45) is 0 Å². The van der Waals surface area contributed by atoms with Gasteiger partial charge in [-0.1, -0.05) is 11.6 Å². The molecule has 0 amide bonds. The Morgan fingerprint density at radius 3 is 2.84 bits per heavy atom. The van der Waals surface area contributed by atoms with Crippen LogP contribution in [0.15, 0.2) is 30.3 Å². The number of aliphatic hydroxyl groups is 1. The Kier molecular flexibility index (Phi) is 6.00. The van der Waals surface area contributed by atoms with Crippen molar-refractivity contribution in [1.29, 1.82) is 0 Å². The van der Waals surface area contributed by atoms with E-state index in [1.807, 2.05) is 18.2 Å². The maximum atomic E-state index is 13.0. The molecule has 0 radical (unpaired) electrons. The first-order valence-electron chi connectivity index (χ1n) is 9.83. The number of benzene rings is 1. The number of H-pyrrole nitrogens is 1. The Morgan fingerprint density at radius 2 is 2.13 bits per heavy atom. The quantitative estimate of drug-likeness (QED) is 0.519. The van der Waals surface area contributed by atoms with E-state index in [0.29, 0.717) is 23.9 Å². The molecule has 0 saturated heterocycles. The standard InChI is InChI=1S/C21H22ClF3N4O2/c1-31-20-15(21(23,24)25)3-5-18(28-20)26-7-9-29-8-6-13-14-10-12(22)2-4-16(14)27-19(13)17(29)11-30/h2-5,10,17,27,30H,6-9,11H2,1H3,(H,26,28). The van der Waals surface area contributed by atoms with Crippen LogP contribution in [0.5, 0.6) is 5.88 Å². The first-order chi connectivity index (χ1) is 14.8. The second-order valence-electron chi connectivity index (χ2n) is 7.37. The number of rotatable bonds is 6. The first-order valence-corrected chi connectivity index (χ1v) is 10.2. The van der Waals surface area contributed by atoms with E-state index in [1.165, 1.54) is 6.07 Å². The number of fused-ring (bicyclic) bond motifs is 3. The molecule has 1 atom stereocenters. The number of pyridine rings is 1. The van der Waals surface area contributed by atoms with Gasteiger partial charge in [0.25, 0.3) is 0 Å². The number of aromatic amines is 1. The average Bonchev–Trinajstić information content (AvgIpc) is 3.10. The summed E-state index contributed by atoms with van der Waals surface area (Å²) in [7, 11) is 1.16. The normalized spacial score (nSPS) is 17.0. The van der Waals surface area contributed by atoms with Gasteiger partial charge < -0.3 is 20.1 Å². The molecular formula is C21H22ClF3N4O2. The van der Waals surface area contributed by atoms with Crippen molar-refractivity contribution in [3.8, 4) is 5.88 Å². The molecule has 3 heterocycles. The van der Waals surface area contributed by atoms with Gasteiger partial charge in [0.2, 0.25) is 5.88 Å². The van der Waals surface area contributed by atoms with Crippen LogP contribution in [0.3, 0.4) is 0 Å². The number of nitrogens with one attached hydrogen (secondary N) is 2. The number of hydrogen-bond acceptors (Lipinski definition) is 5. The van der Waals surface area contributed by atoms with Gasteiger partial charge in [-0.15, -0.1) is 0 Å². The number of anilines is 1. The van der Waals surface area contributed by atoms with Crippen LogP contribution in [0.2, 0.25) is 5.02 Å². The third kappa shape index (κ3) is 4.30. The average molecular weight is 455 g/mol. The van der Waals surface area contributed by atoms with Crippen molar-refractivity contribution in [3.63, 3.8) is 0 Å². The van der Waals surface area contributed by atoms with E-state index in [4.69, 9.17) is 16.3 Å². The lowest BCUT2D eigenvalue weighted by atomic mass is 9.97. The Hall–Kier alpha value is -2.49. The molecule has 166 valence electrons. The minimum absolute atomic E-state index is 0.0556. The second kappa shape index (κ2) is 8.57. The lowest BCUT2D eigenvalue weighted by Gasteiger charge is -2.34. The molecule has 0 fully saturated rings. The van der Waals surface area contributed by atoms with Gasteiger partial charge in [-0.2, -0.15) is 18.2 Å². The molecule has 4 rings (SSSR count). The predicted molar refractivity (Wildman–Crippen MR) is 113 cm³/mol. The van der Waals surface area contributed by atoms with Crippen molar-refractivity contribution in [1.82, 2.24) is 14.9 Å². The van der Waals surface area contributed by atoms with Gasteiger partial charge in [0, 0.05) is 41.3 Å². The largest absolute Gasteiger partial charge is 0.481 e. The lowest BCUT2D eigenvalue weighted by Crippen LogP contribution is -2.40. The summed E-state index contributed by atoms with van der Waals surface area (Å²) in [5, 5.41) is 14.8. The highest BCUT2D eigenvalue weighted by Crippen LogP contribution is 2.36. The van der Waals surface area contributed by atoms with Crippen LogP contribution in [0.25, 0.3) is 10.9 Å². The van der Waals surface area contributed by atoms with Gasteiger partial charge in [-0.05, 0) is 42.3 Å². The van der Waals surface area contributed by atoms with E-state index >= 15 is 0 Å². The van der Waals surface area contributed by atoms with Gasteiger partial charge >= 0.3 is 6.18 Å². The number of aromatic nitrogens is 2. The summed E-state index contributed by atoms with van der Waals surface area (Å²) in [6.45, 7) is 1.70. The number of alkyl halides is 3. The van der Waals surface area contributed by atoms with Crippen LogP contribution < -0.4 is 10.1 Å². The van der Waals surface area contributed by atoms with Crippen LogP contribution in [0, 0.1) is 0 Å². The number of ether oxygens (including phenoxy) is 1. The number of halogens is 4. The molecule has 1 unspecified atom stereocenters. The summed E-state index contributed by atoms with van der Waals surface area (Å²) in [5.74, 6) is -0.173. The maximum Gasteiger partial charge on any atom is 0.421 e. The van der Waals surface area contributed by atoms with E-state index in [-0.39, 0.29) is 12.6 Å². The molecule has 0 aliphatic carbocycles. The molecule has 0 spiro atoms. The molecule has 10 heteroatoms. The third-order valence-corrected chi connectivity index (χ3v) is 5.80. The Bertz CT molecular complexity index is 1090. The molecule has 31 heavy (non-hydrogen) atoms. The van der Waals surface area contributed by atoms with Gasteiger partial charge in [0.05, 0.1) is 19.8 Å². The molecule has 3 N–H and O–H groups in total. The van der Waals surface area contributed by atoms with Gasteiger partial charge in [-0.3, -0.25) is 4.90 Å². The van der Waals surface area contributed by atoms with E-state index in [2.05, 4.69) is 20.2 Å². The van der Waals surface area contributed by atoms with Crippen LogP contribution >= 0.6 is 11.6 Å². The number of aliphatic hydroxyl groups excluding tert-OH is 1. The number of hydrogen-bond donors (Lipinski definition) is 3. The molecule has 3 aromatic rings. The van der Waals surface area contributed by atoms with E-state index < -0.39 is 17.6 Å². The van der Waals surface area contributed by atoms with Gasteiger partial charge in [0.1, 0.15) is 11.4 Å². The smallest absolute Gasteiger partial charge is 0.421 e. The van der Waals surface area contributed by atoms with E-state index in [1.54, 1.807) is 0 Å². The maximum absolute atomic E-state index is 13.0. The highest BCUT2D eigenvalue weighted by molar-refractivity contribution is 6.31. The Balaban J connectivity index is 1.45. The third-order valence-electron chi connectivity index (χ3n) is 5.56. The fraction of sp³-hybridized carbons (Fsp3) is 0.381. The summed E-state index contributed by atoms with van der Waals surface area (Å²) in [6.07, 6.45) is -3.72. The molecule has 1 aliphatic rings. The van der Waals surface area contributed by atoms with Crippen LogP contribution in [-0.4, -0.2) is 53.3 Å². The zero-order chi connectivity index (χ0) is 22.2. The second-order valence-corrected chi connectivity index (χ2v) is 7.81. The zero-order valence-electron chi connectivity index (χ0n) is 16.8. The summed E-state index contributed by atoms with van der Waals surface area (Å²) in [6, 6.07) is 7.72.